The maximum Gasteiger partial charge on any atom is 0.338 e. The van der Waals surface area contributed by atoms with Crippen LogP contribution in [0.25, 0.3) is 0 Å². The summed E-state index contributed by atoms with van der Waals surface area (Å²) in [5, 5.41) is 13.3. The molecule has 0 atom stereocenters. The minimum Gasteiger partial charge on any atom is -0.497 e. The lowest BCUT2D eigenvalue weighted by atomic mass is 10.2. The highest BCUT2D eigenvalue weighted by Gasteiger charge is 2.15. The molecule has 0 aliphatic rings. The van der Waals surface area contributed by atoms with Crippen LogP contribution in [-0.2, 0) is 9.53 Å². The van der Waals surface area contributed by atoms with Crippen molar-refractivity contribution in [2.24, 2.45) is 0 Å². The van der Waals surface area contributed by atoms with Gasteiger partial charge in [-0.2, -0.15) is 0 Å². The number of esters is 1. The third-order valence-electron chi connectivity index (χ3n) is 3.63. The lowest BCUT2D eigenvalue weighted by Gasteiger charge is -2.10. The lowest BCUT2D eigenvalue weighted by molar-refractivity contribution is -0.384. The van der Waals surface area contributed by atoms with Gasteiger partial charge in [0.05, 0.1) is 30.4 Å². The molecular formula is C18H18N2O7. The molecule has 2 aromatic carbocycles. The predicted molar refractivity (Wildman–Crippen MR) is 96.3 cm³/mol. The number of methoxy groups -OCH3 is 2. The third kappa shape index (κ3) is 5.18. The number of nitro groups is 1. The maximum atomic E-state index is 12.1. The fraction of sp³-hybridized carbons (Fsp3) is 0.222. The second kappa shape index (κ2) is 8.65. The first-order valence-electron chi connectivity index (χ1n) is 7.79. The van der Waals surface area contributed by atoms with Crippen LogP contribution in [0.4, 0.5) is 11.4 Å². The quantitative estimate of drug-likeness (QED) is 0.450. The topological polar surface area (TPSA) is 117 Å². The highest BCUT2D eigenvalue weighted by Crippen LogP contribution is 2.23. The van der Waals surface area contributed by atoms with Crippen molar-refractivity contribution in [3.63, 3.8) is 0 Å². The Hall–Kier alpha value is -3.62. The molecule has 0 bridgehead atoms. The Balaban J connectivity index is 2.02. The van der Waals surface area contributed by atoms with Gasteiger partial charge in [0.1, 0.15) is 11.5 Å². The van der Waals surface area contributed by atoms with E-state index >= 15 is 0 Å². The molecular weight excluding hydrogens is 356 g/mol. The van der Waals surface area contributed by atoms with Gasteiger partial charge in [0, 0.05) is 18.2 Å². The van der Waals surface area contributed by atoms with Crippen molar-refractivity contribution in [1.82, 2.24) is 0 Å². The molecule has 0 aliphatic carbocycles. The molecule has 0 aliphatic heterocycles. The van der Waals surface area contributed by atoms with Gasteiger partial charge in [-0.15, -0.1) is 0 Å². The summed E-state index contributed by atoms with van der Waals surface area (Å²) >= 11 is 0. The molecule has 2 rings (SSSR count). The number of carbonyl (C=O) groups is 2. The first-order chi connectivity index (χ1) is 12.8. The largest absolute Gasteiger partial charge is 0.497 e. The Bertz CT molecular complexity index is 858. The van der Waals surface area contributed by atoms with Crippen LogP contribution in [0, 0.1) is 17.0 Å². The van der Waals surface area contributed by atoms with Gasteiger partial charge in [-0.05, 0) is 24.6 Å². The minimum absolute atomic E-state index is 0.156. The molecule has 0 saturated heterocycles. The molecule has 0 radical (unpaired) electrons. The molecule has 9 nitrogen and oxygen atoms in total. The van der Waals surface area contributed by atoms with Gasteiger partial charge < -0.3 is 19.5 Å². The zero-order valence-corrected chi connectivity index (χ0v) is 15.0. The predicted octanol–water partition coefficient (Wildman–Crippen LogP) is 2.72. The minimum atomic E-state index is -0.738. The number of non-ortho nitro benzene ring substituents is 1. The summed E-state index contributed by atoms with van der Waals surface area (Å²) in [6.07, 6.45) is 0. The number of hydrogen-bond donors (Lipinski definition) is 1. The highest BCUT2D eigenvalue weighted by atomic mass is 16.6. The summed E-state index contributed by atoms with van der Waals surface area (Å²) in [5.41, 5.74) is 0.910. The van der Waals surface area contributed by atoms with Crippen molar-refractivity contribution in [2.45, 2.75) is 6.92 Å². The monoisotopic (exact) mass is 374 g/mol. The number of amides is 1. The second-order valence-corrected chi connectivity index (χ2v) is 5.48. The molecule has 9 heteroatoms. The number of rotatable bonds is 7. The Morgan fingerprint density at radius 1 is 1.07 bits per heavy atom. The van der Waals surface area contributed by atoms with Gasteiger partial charge in [-0.1, -0.05) is 6.07 Å². The average molecular weight is 374 g/mol. The van der Waals surface area contributed by atoms with Gasteiger partial charge in [0.25, 0.3) is 11.6 Å². The molecule has 0 fully saturated rings. The van der Waals surface area contributed by atoms with Crippen molar-refractivity contribution >= 4 is 23.3 Å². The second-order valence-electron chi connectivity index (χ2n) is 5.48. The summed E-state index contributed by atoms with van der Waals surface area (Å²) in [5.74, 6) is -0.559. The van der Waals surface area contributed by atoms with Crippen LogP contribution in [0.15, 0.2) is 36.4 Å². The van der Waals surface area contributed by atoms with Crippen LogP contribution in [0.3, 0.4) is 0 Å². The molecule has 0 saturated carbocycles. The smallest absolute Gasteiger partial charge is 0.338 e. The van der Waals surface area contributed by atoms with E-state index in [1.807, 2.05) is 0 Å². The van der Waals surface area contributed by atoms with Gasteiger partial charge in [-0.3, -0.25) is 14.9 Å². The van der Waals surface area contributed by atoms with Crippen LogP contribution < -0.4 is 14.8 Å². The van der Waals surface area contributed by atoms with E-state index in [1.54, 1.807) is 13.0 Å². The highest BCUT2D eigenvalue weighted by molar-refractivity contribution is 5.96. The molecule has 0 spiro atoms. The van der Waals surface area contributed by atoms with E-state index in [-0.39, 0.29) is 16.9 Å². The zero-order chi connectivity index (χ0) is 20.0. The van der Waals surface area contributed by atoms with Crippen molar-refractivity contribution < 1.29 is 28.7 Å². The number of aryl methyl sites for hydroxylation is 1. The molecule has 0 heterocycles. The van der Waals surface area contributed by atoms with E-state index in [0.29, 0.717) is 17.1 Å². The number of benzene rings is 2. The SMILES string of the molecule is COc1cc(OC)cc(C(=O)OCC(=O)Nc2cc([N+](=O)[O-])ccc2C)c1. The van der Waals surface area contributed by atoms with E-state index in [1.165, 1.54) is 44.6 Å². The van der Waals surface area contributed by atoms with Gasteiger partial charge in [0.15, 0.2) is 6.61 Å². The standard InChI is InChI=1S/C18H18N2O7/c1-11-4-5-13(20(23)24)8-16(11)19-17(21)10-27-18(22)12-6-14(25-2)9-15(7-12)26-3/h4-9H,10H2,1-3H3,(H,19,21). The van der Waals surface area contributed by atoms with E-state index in [2.05, 4.69) is 5.32 Å². The van der Waals surface area contributed by atoms with E-state index in [4.69, 9.17) is 14.2 Å². The Kier molecular flexibility index (Phi) is 6.32. The van der Waals surface area contributed by atoms with Crippen molar-refractivity contribution in [3.05, 3.63) is 57.6 Å². The summed E-state index contributed by atoms with van der Waals surface area (Å²) < 4.78 is 15.1. The molecule has 27 heavy (non-hydrogen) atoms. The Morgan fingerprint density at radius 3 is 2.26 bits per heavy atom. The van der Waals surface area contributed by atoms with E-state index in [0.717, 1.165) is 0 Å². The van der Waals surface area contributed by atoms with Crippen LogP contribution in [0.2, 0.25) is 0 Å². The summed E-state index contributed by atoms with van der Waals surface area (Å²) in [6.45, 7) is 1.13. The first-order valence-corrected chi connectivity index (χ1v) is 7.79. The van der Waals surface area contributed by atoms with Crippen LogP contribution in [-0.4, -0.2) is 37.6 Å². The molecule has 0 aromatic heterocycles. The summed E-state index contributed by atoms with van der Waals surface area (Å²) in [6, 6.07) is 8.58. The van der Waals surface area contributed by atoms with Gasteiger partial charge in [0.2, 0.25) is 0 Å². The molecule has 1 N–H and O–H groups in total. The van der Waals surface area contributed by atoms with E-state index in [9.17, 15) is 19.7 Å². The third-order valence-corrected chi connectivity index (χ3v) is 3.63. The zero-order valence-electron chi connectivity index (χ0n) is 15.0. The van der Waals surface area contributed by atoms with Crippen LogP contribution in [0.1, 0.15) is 15.9 Å². The number of nitro benzene ring substituents is 1. The van der Waals surface area contributed by atoms with E-state index < -0.39 is 23.4 Å². The van der Waals surface area contributed by atoms with Gasteiger partial charge >= 0.3 is 5.97 Å². The Labute approximate surface area is 155 Å². The normalized spacial score (nSPS) is 10.0. The van der Waals surface area contributed by atoms with Crippen LogP contribution >= 0.6 is 0 Å². The summed E-state index contributed by atoms with van der Waals surface area (Å²) in [4.78, 5) is 34.4. The van der Waals surface area contributed by atoms with Gasteiger partial charge in [-0.25, -0.2) is 4.79 Å². The number of ether oxygens (including phenoxy) is 3. The number of anilines is 1. The molecule has 1 amide bonds. The average Bonchev–Trinajstić information content (AvgIpc) is 2.67. The van der Waals surface area contributed by atoms with Crippen molar-refractivity contribution in [2.75, 3.05) is 26.1 Å². The first kappa shape index (κ1) is 19.7. The molecule has 0 unspecified atom stereocenters. The fourth-order valence-corrected chi connectivity index (χ4v) is 2.18. The maximum absolute atomic E-state index is 12.1. The summed E-state index contributed by atoms with van der Waals surface area (Å²) in [7, 11) is 2.89. The van der Waals surface area contributed by atoms with Crippen molar-refractivity contribution in [3.8, 4) is 11.5 Å². The molecule has 142 valence electrons. The number of hydrogen-bond acceptors (Lipinski definition) is 7. The lowest BCUT2D eigenvalue weighted by Crippen LogP contribution is -2.21. The van der Waals surface area contributed by atoms with Crippen LogP contribution in [0.5, 0.6) is 11.5 Å². The van der Waals surface area contributed by atoms with Crippen molar-refractivity contribution in [1.29, 1.82) is 0 Å². The number of carbonyl (C=O) groups excluding carboxylic acids is 2. The fourth-order valence-electron chi connectivity index (χ4n) is 2.18. The number of nitrogens with zero attached hydrogens (tertiary/aromatic N) is 1. The molecule has 2 aromatic rings. The Morgan fingerprint density at radius 2 is 1.70 bits per heavy atom. The number of nitrogens with one attached hydrogen (secondary N) is 1.